The molecule has 11 aromatic rings. The Morgan fingerprint density at radius 3 is 1.62 bits per heavy atom. The molecule has 8 aromatic carbocycles. The molecule has 0 N–H and O–H groups in total. The highest BCUT2D eigenvalue weighted by atomic mass is 16.3. The van der Waals surface area contributed by atoms with Gasteiger partial charge in [0.15, 0.2) is 17.5 Å². The molecule has 5 nitrogen and oxygen atoms in total. The Bertz CT molecular complexity index is 3240. The summed E-state index contributed by atoms with van der Waals surface area (Å²) in [7, 11) is 0. The van der Waals surface area contributed by atoms with E-state index in [4.69, 9.17) is 19.4 Å². The summed E-state index contributed by atoms with van der Waals surface area (Å²) in [5.74, 6) is 1.86. The van der Waals surface area contributed by atoms with Crippen molar-refractivity contribution in [3.8, 4) is 62.1 Å². The van der Waals surface area contributed by atoms with Crippen LogP contribution < -0.4 is 0 Å². The minimum Gasteiger partial charge on any atom is -0.456 e. The van der Waals surface area contributed by atoms with E-state index in [1.54, 1.807) is 0 Å². The third kappa shape index (κ3) is 5.45. The first-order chi connectivity index (χ1) is 27.7. The van der Waals surface area contributed by atoms with Gasteiger partial charge in [0.05, 0.1) is 11.0 Å². The Labute approximate surface area is 322 Å². The summed E-state index contributed by atoms with van der Waals surface area (Å²) in [5.41, 5.74) is 12.4. The monoisotopic (exact) mass is 716 g/mol. The van der Waals surface area contributed by atoms with E-state index in [1.807, 2.05) is 48.5 Å². The van der Waals surface area contributed by atoms with Crippen molar-refractivity contribution in [2.24, 2.45) is 0 Å². The van der Waals surface area contributed by atoms with Gasteiger partial charge < -0.3 is 8.98 Å². The molecule has 0 spiro atoms. The van der Waals surface area contributed by atoms with Crippen LogP contribution in [-0.4, -0.2) is 19.5 Å². The maximum atomic E-state index is 6.51. The number of benzene rings is 8. The SMILES string of the molecule is c1ccc(-c2cccc(-c3nc(-c4ccccc4)nc(-c4ccc5oc6cc(-c7ccc8c(c7)c7ccccc7n8-c7ccccc7)ccc6c5c4)n3)c2)cc1. The van der Waals surface area contributed by atoms with Gasteiger partial charge in [0.25, 0.3) is 0 Å². The molecule has 3 aromatic heterocycles. The highest BCUT2D eigenvalue weighted by Gasteiger charge is 2.17. The average Bonchev–Trinajstić information content (AvgIpc) is 3.82. The van der Waals surface area contributed by atoms with Crippen LogP contribution in [0.25, 0.3) is 106 Å². The second-order valence-electron chi connectivity index (χ2n) is 14.1. The predicted molar refractivity (Wildman–Crippen MR) is 229 cm³/mol. The Morgan fingerprint density at radius 1 is 0.304 bits per heavy atom. The lowest BCUT2D eigenvalue weighted by molar-refractivity contribution is 0.669. The first-order valence-corrected chi connectivity index (χ1v) is 18.8. The summed E-state index contributed by atoms with van der Waals surface area (Å²) < 4.78 is 8.85. The first kappa shape index (κ1) is 31.9. The molecule has 0 aliphatic carbocycles. The fourth-order valence-electron chi connectivity index (χ4n) is 7.92. The molecule has 11 rings (SSSR count). The topological polar surface area (TPSA) is 56.7 Å². The number of hydrogen-bond acceptors (Lipinski definition) is 4. The minimum absolute atomic E-state index is 0.606. The molecule has 0 bridgehead atoms. The summed E-state index contributed by atoms with van der Waals surface area (Å²) in [5, 5.41) is 4.50. The third-order valence-corrected chi connectivity index (χ3v) is 10.6. The smallest absolute Gasteiger partial charge is 0.164 e. The van der Waals surface area contributed by atoms with Crippen LogP contribution in [0.3, 0.4) is 0 Å². The lowest BCUT2D eigenvalue weighted by Crippen LogP contribution is -2.00. The molecule has 0 atom stereocenters. The zero-order valence-electron chi connectivity index (χ0n) is 30.2. The summed E-state index contributed by atoms with van der Waals surface area (Å²) in [6.07, 6.45) is 0. The molecular formula is C51H32N4O. The van der Waals surface area contributed by atoms with Crippen molar-refractivity contribution in [1.29, 1.82) is 0 Å². The number of rotatable bonds is 6. The van der Waals surface area contributed by atoms with Gasteiger partial charge in [0.2, 0.25) is 0 Å². The van der Waals surface area contributed by atoms with Gasteiger partial charge in [-0.2, -0.15) is 0 Å². The normalized spacial score (nSPS) is 11.6. The quantitative estimate of drug-likeness (QED) is 0.172. The maximum Gasteiger partial charge on any atom is 0.164 e. The number of para-hydroxylation sites is 2. The molecule has 0 radical (unpaired) electrons. The molecule has 0 saturated heterocycles. The van der Waals surface area contributed by atoms with Gasteiger partial charge in [-0.25, -0.2) is 15.0 Å². The van der Waals surface area contributed by atoms with Crippen LogP contribution in [-0.2, 0) is 0 Å². The van der Waals surface area contributed by atoms with Gasteiger partial charge in [-0.05, 0) is 89.0 Å². The highest BCUT2D eigenvalue weighted by molar-refractivity contribution is 6.11. The molecule has 5 heteroatoms. The van der Waals surface area contributed by atoms with Crippen molar-refractivity contribution in [2.45, 2.75) is 0 Å². The molecule has 56 heavy (non-hydrogen) atoms. The summed E-state index contributed by atoms with van der Waals surface area (Å²) >= 11 is 0. The molecule has 262 valence electrons. The maximum absolute atomic E-state index is 6.51. The first-order valence-electron chi connectivity index (χ1n) is 18.8. The van der Waals surface area contributed by atoms with Crippen LogP contribution in [0.15, 0.2) is 199 Å². The fraction of sp³-hybridized carbons (Fsp3) is 0. The molecule has 0 unspecified atom stereocenters. The van der Waals surface area contributed by atoms with Gasteiger partial charge in [-0.15, -0.1) is 0 Å². The van der Waals surface area contributed by atoms with Crippen molar-refractivity contribution in [2.75, 3.05) is 0 Å². The van der Waals surface area contributed by atoms with E-state index >= 15 is 0 Å². The molecule has 0 aliphatic rings. The second-order valence-corrected chi connectivity index (χ2v) is 14.1. The summed E-state index contributed by atoms with van der Waals surface area (Å²) in [6.45, 7) is 0. The molecule has 0 saturated carbocycles. The van der Waals surface area contributed by atoms with Gasteiger partial charge >= 0.3 is 0 Å². The van der Waals surface area contributed by atoms with Crippen molar-refractivity contribution in [3.63, 3.8) is 0 Å². The number of furan rings is 1. The third-order valence-electron chi connectivity index (χ3n) is 10.6. The number of hydrogen-bond donors (Lipinski definition) is 0. The van der Waals surface area contributed by atoms with E-state index in [0.29, 0.717) is 17.5 Å². The average molecular weight is 717 g/mol. The van der Waals surface area contributed by atoms with E-state index in [9.17, 15) is 0 Å². The van der Waals surface area contributed by atoms with Crippen LogP contribution in [0.1, 0.15) is 0 Å². The second kappa shape index (κ2) is 13.0. The minimum atomic E-state index is 0.606. The van der Waals surface area contributed by atoms with Gasteiger partial charge in [-0.1, -0.05) is 127 Å². The van der Waals surface area contributed by atoms with Crippen molar-refractivity contribution >= 4 is 43.7 Å². The Morgan fingerprint density at radius 2 is 0.839 bits per heavy atom. The Kier molecular flexibility index (Phi) is 7.42. The predicted octanol–water partition coefficient (Wildman–Crippen LogP) is 13.2. The lowest BCUT2D eigenvalue weighted by Gasteiger charge is -2.10. The Balaban J connectivity index is 1.00. The van der Waals surface area contributed by atoms with Crippen molar-refractivity contribution < 1.29 is 4.42 Å². The molecule has 3 heterocycles. The highest BCUT2D eigenvalue weighted by Crippen LogP contribution is 2.38. The zero-order valence-corrected chi connectivity index (χ0v) is 30.2. The number of aromatic nitrogens is 4. The van der Waals surface area contributed by atoms with Crippen molar-refractivity contribution in [1.82, 2.24) is 19.5 Å². The van der Waals surface area contributed by atoms with Crippen LogP contribution in [0.2, 0.25) is 0 Å². The van der Waals surface area contributed by atoms with E-state index < -0.39 is 0 Å². The van der Waals surface area contributed by atoms with Crippen LogP contribution >= 0.6 is 0 Å². The molecule has 0 amide bonds. The number of fused-ring (bicyclic) bond motifs is 6. The number of nitrogens with zero attached hydrogens (tertiary/aromatic N) is 4. The van der Waals surface area contributed by atoms with E-state index in [1.165, 1.54) is 21.8 Å². The lowest BCUT2D eigenvalue weighted by atomic mass is 10.0. The van der Waals surface area contributed by atoms with Crippen LogP contribution in [0, 0.1) is 0 Å². The largest absolute Gasteiger partial charge is 0.456 e. The van der Waals surface area contributed by atoms with E-state index in [0.717, 1.165) is 66.6 Å². The zero-order chi connectivity index (χ0) is 37.0. The van der Waals surface area contributed by atoms with Gasteiger partial charge in [0.1, 0.15) is 11.2 Å². The molecular weight excluding hydrogens is 685 g/mol. The van der Waals surface area contributed by atoms with E-state index in [2.05, 4.69) is 150 Å². The Hall–Kier alpha value is -7.63. The van der Waals surface area contributed by atoms with Crippen molar-refractivity contribution in [3.05, 3.63) is 194 Å². The van der Waals surface area contributed by atoms with E-state index in [-0.39, 0.29) is 0 Å². The standard InChI is InChI=1S/C51H32N4O/c1-4-13-33(14-5-1)35-17-12-18-38(29-35)50-52-49(34-15-6-2-7-16-34)53-51(54-50)39-25-28-47-44(31-39)42-26-23-37(32-48(42)56-47)36-24-27-46-43(30-36)41-21-10-11-22-45(41)55(46)40-19-8-3-9-20-40/h1-32H. The molecule has 0 aliphatic heterocycles. The fourth-order valence-corrected chi connectivity index (χ4v) is 7.92. The van der Waals surface area contributed by atoms with Gasteiger partial charge in [0, 0.05) is 43.9 Å². The van der Waals surface area contributed by atoms with Crippen LogP contribution in [0.5, 0.6) is 0 Å². The summed E-state index contributed by atoms with van der Waals surface area (Å²) in [6, 6.07) is 67.5. The van der Waals surface area contributed by atoms with Gasteiger partial charge in [-0.3, -0.25) is 0 Å². The molecule has 0 fully saturated rings. The summed E-state index contributed by atoms with van der Waals surface area (Å²) in [4.78, 5) is 15.1. The van der Waals surface area contributed by atoms with Crippen LogP contribution in [0.4, 0.5) is 0 Å².